The number of primary amides is 1. The molecule has 0 radical (unpaired) electrons. The molecule has 0 unspecified atom stereocenters. The molecule has 0 aromatic heterocycles. The van der Waals surface area contributed by atoms with E-state index in [9.17, 15) is 13.2 Å². The minimum atomic E-state index is -4.13. The van der Waals surface area contributed by atoms with Crippen LogP contribution in [0.25, 0.3) is 5.57 Å². The molecule has 0 fully saturated rings. The number of sulfonamides is 1. The van der Waals surface area contributed by atoms with E-state index in [-0.39, 0.29) is 12.1 Å². The van der Waals surface area contributed by atoms with Crippen molar-refractivity contribution in [1.82, 2.24) is 0 Å². The molecular weight excluding hydrogens is 368 g/mol. The fourth-order valence-corrected chi connectivity index (χ4v) is 4.86. The van der Waals surface area contributed by atoms with Gasteiger partial charge in [0, 0.05) is 11.6 Å². The first-order chi connectivity index (χ1) is 12.8. The van der Waals surface area contributed by atoms with Crippen LogP contribution in [0.2, 0.25) is 0 Å². The highest BCUT2D eigenvalue weighted by molar-refractivity contribution is 7.97. The zero-order valence-corrected chi connectivity index (χ0v) is 16.0. The highest BCUT2D eigenvalue weighted by Crippen LogP contribution is 2.45. The fourth-order valence-electron chi connectivity index (χ4n) is 3.16. The Morgan fingerprint density at radius 1 is 1.07 bits per heavy atom. The van der Waals surface area contributed by atoms with Crippen molar-refractivity contribution in [1.29, 1.82) is 0 Å². The number of hydrogen-bond donors (Lipinski definition) is 1. The molecule has 27 heavy (non-hydrogen) atoms. The lowest BCUT2D eigenvalue weighted by Gasteiger charge is -2.32. The number of ether oxygens (including phenoxy) is 2. The van der Waals surface area contributed by atoms with Crippen LogP contribution < -0.4 is 19.5 Å². The van der Waals surface area contributed by atoms with E-state index in [0.29, 0.717) is 22.7 Å². The zero-order chi connectivity index (χ0) is 19.8. The van der Waals surface area contributed by atoms with Crippen molar-refractivity contribution >= 4 is 27.2 Å². The van der Waals surface area contributed by atoms with E-state index < -0.39 is 20.8 Å². The standard InChI is InChI=1S/C19H20N2O5S/c1-12-14-9-16(25-2)17(26-3)10-15(14)21(11-13-7-5-4-6-8-13)27(23,24)18(12)19(20)22/h4-10H,11H2,1-3H3,(H2,20,22). The fraction of sp³-hybridized carbons (Fsp3) is 0.211. The Bertz CT molecular complexity index is 1030. The van der Waals surface area contributed by atoms with Crippen molar-refractivity contribution in [3.05, 3.63) is 58.5 Å². The van der Waals surface area contributed by atoms with Crippen LogP contribution in [0.3, 0.4) is 0 Å². The lowest BCUT2D eigenvalue weighted by Crippen LogP contribution is -2.39. The zero-order valence-electron chi connectivity index (χ0n) is 15.2. The quantitative estimate of drug-likeness (QED) is 0.847. The second-order valence-electron chi connectivity index (χ2n) is 6.04. The van der Waals surface area contributed by atoms with Gasteiger partial charge >= 0.3 is 0 Å². The molecule has 0 saturated carbocycles. The lowest BCUT2D eigenvalue weighted by atomic mass is 10.0. The Kier molecular flexibility index (Phi) is 4.84. The number of rotatable bonds is 5. The number of carbonyl (C=O) groups is 1. The maximum atomic E-state index is 13.2. The van der Waals surface area contributed by atoms with E-state index in [0.717, 1.165) is 5.56 Å². The van der Waals surface area contributed by atoms with Crippen molar-refractivity contribution in [2.24, 2.45) is 5.73 Å². The summed E-state index contributed by atoms with van der Waals surface area (Å²) in [7, 11) is -1.17. The Balaban J connectivity index is 2.30. The molecule has 142 valence electrons. The summed E-state index contributed by atoms with van der Waals surface area (Å²) in [5.41, 5.74) is 7.41. The first-order valence-corrected chi connectivity index (χ1v) is 9.59. The number of carbonyl (C=O) groups excluding carboxylic acids is 1. The molecule has 1 amide bonds. The van der Waals surface area contributed by atoms with Crippen LogP contribution >= 0.6 is 0 Å². The monoisotopic (exact) mass is 388 g/mol. The molecule has 1 aliphatic heterocycles. The molecule has 1 heterocycles. The Morgan fingerprint density at radius 3 is 2.22 bits per heavy atom. The van der Waals surface area contributed by atoms with Gasteiger partial charge in [0.1, 0.15) is 0 Å². The Hall–Kier alpha value is -3.00. The van der Waals surface area contributed by atoms with Gasteiger partial charge in [-0.2, -0.15) is 0 Å². The summed E-state index contributed by atoms with van der Waals surface area (Å²) in [6, 6.07) is 12.3. The number of nitrogens with two attached hydrogens (primary N) is 1. The SMILES string of the molecule is COc1cc2c(cc1OC)N(Cc1ccccc1)S(=O)(=O)C(C(N)=O)=C2C. The normalized spacial score (nSPS) is 15.3. The van der Waals surface area contributed by atoms with Gasteiger partial charge in [0.15, 0.2) is 16.4 Å². The number of hydrogen-bond acceptors (Lipinski definition) is 5. The number of methoxy groups -OCH3 is 2. The summed E-state index contributed by atoms with van der Waals surface area (Å²) in [6.45, 7) is 1.61. The van der Waals surface area contributed by atoms with Gasteiger partial charge in [-0.3, -0.25) is 9.10 Å². The average molecular weight is 388 g/mol. The van der Waals surface area contributed by atoms with Crippen molar-refractivity contribution in [3.63, 3.8) is 0 Å². The molecule has 3 rings (SSSR count). The molecular formula is C19H20N2O5S. The molecule has 7 nitrogen and oxygen atoms in total. The van der Waals surface area contributed by atoms with Crippen LogP contribution in [0.4, 0.5) is 5.69 Å². The van der Waals surface area contributed by atoms with Crippen LogP contribution in [0, 0.1) is 0 Å². The van der Waals surface area contributed by atoms with Crippen molar-refractivity contribution in [2.75, 3.05) is 18.5 Å². The summed E-state index contributed by atoms with van der Waals surface area (Å²) < 4.78 is 38.2. The summed E-state index contributed by atoms with van der Waals surface area (Å²) >= 11 is 0. The molecule has 2 N–H and O–H groups in total. The summed E-state index contributed by atoms with van der Waals surface area (Å²) in [6.07, 6.45) is 0. The first kappa shape index (κ1) is 18.8. The van der Waals surface area contributed by atoms with E-state index in [1.807, 2.05) is 30.3 Å². The molecule has 0 spiro atoms. The molecule has 0 atom stereocenters. The predicted molar refractivity (Wildman–Crippen MR) is 103 cm³/mol. The second-order valence-corrected chi connectivity index (χ2v) is 7.84. The van der Waals surface area contributed by atoms with Crippen molar-refractivity contribution in [3.8, 4) is 11.5 Å². The second kappa shape index (κ2) is 6.96. The molecule has 8 heteroatoms. The van der Waals surface area contributed by atoms with Crippen LogP contribution in [-0.4, -0.2) is 28.5 Å². The predicted octanol–water partition coefficient (Wildman–Crippen LogP) is 2.27. The van der Waals surface area contributed by atoms with Gasteiger partial charge in [-0.25, -0.2) is 8.42 Å². The maximum absolute atomic E-state index is 13.2. The number of benzene rings is 2. The third kappa shape index (κ3) is 3.12. The number of fused-ring (bicyclic) bond motifs is 1. The number of allylic oxidation sites excluding steroid dienone is 1. The van der Waals surface area contributed by atoms with Gasteiger partial charge in [-0.15, -0.1) is 0 Å². The van der Waals surface area contributed by atoms with Crippen molar-refractivity contribution < 1.29 is 22.7 Å². The smallest absolute Gasteiger partial charge is 0.270 e. The number of nitrogens with zero attached hydrogens (tertiary/aromatic N) is 1. The molecule has 0 saturated heterocycles. The third-order valence-corrected chi connectivity index (χ3v) is 6.39. The minimum Gasteiger partial charge on any atom is -0.493 e. The van der Waals surface area contributed by atoms with E-state index in [1.54, 1.807) is 19.1 Å². The van der Waals surface area contributed by atoms with E-state index in [1.165, 1.54) is 18.5 Å². The summed E-state index contributed by atoms with van der Waals surface area (Å²) in [5, 5.41) is 0. The highest BCUT2D eigenvalue weighted by Gasteiger charge is 2.39. The third-order valence-electron chi connectivity index (χ3n) is 4.46. The van der Waals surface area contributed by atoms with Crippen LogP contribution in [0.1, 0.15) is 18.1 Å². The van der Waals surface area contributed by atoms with Gasteiger partial charge in [-0.1, -0.05) is 30.3 Å². The van der Waals surface area contributed by atoms with Gasteiger partial charge in [-0.05, 0) is 24.1 Å². The van der Waals surface area contributed by atoms with Gasteiger partial charge in [0.25, 0.3) is 15.9 Å². The molecule has 2 aromatic rings. The van der Waals surface area contributed by atoms with E-state index >= 15 is 0 Å². The van der Waals surface area contributed by atoms with Crippen molar-refractivity contribution in [2.45, 2.75) is 13.5 Å². The minimum absolute atomic E-state index is 0.0513. The highest BCUT2D eigenvalue weighted by atomic mass is 32.2. The lowest BCUT2D eigenvalue weighted by molar-refractivity contribution is -0.113. The van der Waals surface area contributed by atoms with Gasteiger partial charge < -0.3 is 15.2 Å². The molecule has 0 bridgehead atoms. The van der Waals surface area contributed by atoms with E-state index in [4.69, 9.17) is 15.2 Å². The van der Waals surface area contributed by atoms with Gasteiger partial charge in [0.2, 0.25) is 0 Å². The Morgan fingerprint density at radius 2 is 1.67 bits per heavy atom. The number of anilines is 1. The average Bonchev–Trinajstić information content (AvgIpc) is 2.64. The topological polar surface area (TPSA) is 98.9 Å². The molecule has 2 aromatic carbocycles. The van der Waals surface area contributed by atoms with Gasteiger partial charge in [0.05, 0.1) is 26.5 Å². The Labute approximate surface area is 158 Å². The molecule has 1 aliphatic rings. The van der Waals surface area contributed by atoms with Crippen LogP contribution in [0.15, 0.2) is 47.4 Å². The number of amides is 1. The summed E-state index contributed by atoms with van der Waals surface area (Å²) in [4.78, 5) is 11.5. The van der Waals surface area contributed by atoms with Crippen LogP contribution in [-0.2, 0) is 21.4 Å². The van der Waals surface area contributed by atoms with Crippen LogP contribution in [0.5, 0.6) is 11.5 Å². The van der Waals surface area contributed by atoms with E-state index in [2.05, 4.69) is 0 Å². The molecule has 0 aliphatic carbocycles. The largest absolute Gasteiger partial charge is 0.493 e. The first-order valence-electron chi connectivity index (χ1n) is 8.15. The maximum Gasteiger partial charge on any atom is 0.270 e. The summed E-state index contributed by atoms with van der Waals surface area (Å²) in [5.74, 6) is -0.177.